The maximum atomic E-state index is 2.50. The minimum Gasteiger partial charge on any atom is -0.0616 e. The molecule has 0 heteroatoms. The summed E-state index contributed by atoms with van der Waals surface area (Å²) in [6.07, 6.45) is 0. The van der Waals surface area contributed by atoms with Gasteiger partial charge in [0.2, 0.25) is 0 Å². The van der Waals surface area contributed by atoms with Gasteiger partial charge in [0, 0.05) is 5.41 Å². The van der Waals surface area contributed by atoms with Crippen molar-refractivity contribution in [3.63, 3.8) is 0 Å². The highest BCUT2D eigenvalue weighted by atomic mass is 14.4. The highest BCUT2D eigenvalue weighted by Crippen LogP contribution is 2.56. The second-order valence-electron chi connectivity index (χ2n) is 16.3. The van der Waals surface area contributed by atoms with Crippen molar-refractivity contribution < 1.29 is 0 Å². The maximum Gasteiger partial charge on any atom is 0.0165 e. The van der Waals surface area contributed by atoms with E-state index < -0.39 is 0 Å². The van der Waals surface area contributed by atoms with Gasteiger partial charge in [-0.15, -0.1) is 0 Å². The third-order valence-electron chi connectivity index (χ3n) is 13.0. The lowest BCUT2D eigenvalue weighted by Gasteiger charge is -2.24. The number of hydrogen-bond acceptors (Lipinski definition) is 0. The first kappa shape index (κ1) is 32.2. The molecule has 0 aromatic heterocycles. The molecule has 0 radical (unpaired) electrons. The zero-order valence-corrected chi connectivity index (χ0v) is 32.0. The van der Waals surface area contributed by atoms with E-state index in [0.717, 1.165) is 0 Å². The molecule has 11 aromatic rings. The summed E-state index contributed by atoms with van der Waals surface area (Å²) in [7, 11) is 0. The van der Waals surface area contributed by atoms with Crippen LogP contribution in [0.5, 0.6) is 0 Å². The van der Waals surface area contributed by atoms with Gasteiger partial charge in [-0.3, -0.25) is 0 Å². The zero-order chi connectivity index (χ0) is 37.8. The van der Waals surface area contributed by atoms with Crippen LogP contribution in [0.2, 0.25) is 0 Å². The second kappa shape index (κ2) is 12.0. The molecule has 0 atom stereocenters. The lowest BCUT2D eigenvalue weighted by molar-refractivity contribution is 0.666. The Bertz CT molecular complexity index is 3410. The minimum absolute atomic E-state index is 0.133. The monoisotopic (exact) mass is 722 g/mol. The average molecular weight is 723 g/mol. The summed E-state index contributed by atoms with van der Waals surface area (Å²) in [6, 6.07) is 72.5. The van der Waals surface area contributed by atoms with Gasteiger partial charge in [-0.05, 0) is 132 Å². The molecule has 0 saturated heterocycles. The van der Waals surface area contributed by atoms with E-state index in [0.29, 0.717) is 0 Å². The van der Waals surface area contributed by atoms with E-state index in [4.69, 9.17) is 0 Å². The van der Waals surface area contributed by atoms with Gasteiger partial charge in [0.1, 0.15) is 0 Å². The van der Waals surface area contributed by atoms with E-state index in [1.165, 1.54) is 120 Å². The van der Waals surface area contributed by atoms with E-state index in [2.05, 4.69) is 208 Å². The smallest absolute Gasteiger partial charge is 0.0165 e. The molecule has 0 bridgehead atoms. The van der Waals surface area contributed by atoms with E-state index >= 15 is 0 Å². The summed E-state index contributed by atoms with van der Waals surface area (Å²) >= 11 is 0. The van der Waals surface area contributed by atoms with Gasteiger partial charge < -0.3 is 0 Å². The Hall–Kier alpha value is -7.02. The topological polar surface area (TPSA) is 0 Å². The number of hydrogen-bond donors (Lipinski definition) is 0. The lowest BCUT2D eigenvalue weighted by Crippen LogP contribution is -2.15. The average Bonchev–Trinajstić information content (AvgIpc) is 3.51. The Morgan fingerprint density at radius 2 is 0.684 bits per heavy atom. The van der Waals surface area contributed by atoms with E-state index in [1.54, 1.807) is 0 Å². The van der Waals surface area contributed by atoms with Crippen molar-refractivity contribution in [2.45, 2.75) is 19.3 Å². The van der Waals surface area contributed by atoms with Crippen LogP contribution in [-0.4, -0.2) is 0 Å². The molecular weight excluding hydrogens is 685 g/mol. The van der Waals surface area contributed by atoms with Gasteiger partial charge in [-0.1, -0.05) is 196 Å². The molecule has 0 amide bonds. The predicted octanol–water partition coefficient (Wildman–Crippen LogP) is 15.9. The second-order valence-corrected chi connectivity index (χ2v) is 16.3. The summed E-state index contributed by atoms with van der Waals surface area (Å²) < 4.78 is 0. The molecule has 0 saturated carbocycles. The van der Waals surface area contributed by atoms with E-state index in [1.807, 2.05) is 0 Å². The van der Waals surface area contributed by atoms with Gasteiger partial charge in [-0.25, -0.2) is 0 Å². The molecule has 57 heavy (non-hydrogen) atoms. The number of fused-ring (bicyclic) bond motifs is 13. The molecule has 0 fully saturated rings. The fraction of sp³-hybridized carbons (Fsp3) is 0.0526. The van der Waals surface area contributed by atoms with Gasteiger partial charge in [0.15, 0.2) is 0 Å². The third kappa shape index (κ3) is 4.56. The summed E-state index contributed by atoms with van der Waals surface area (Å²) in [5.74, 6) is 0. The van der Waals surface area contributed by atoms with Crippen LogP contribution in [0.1, 0.15) is 25.0 Å². The molecule has 266 valence electrons. The molecule has 12 rings (SSSR count). The first-order valence-electron chi connectivity index (χ1n) is 20.1. The highest BCUT2D eigenvalue weighted by molar-refractivity contribution is 6.23. The molecular formula is C57H38. The standard InChI is InChI=1S/C57H38/c1-57(2)52-32-31-38(34-51(52)55-44-21-9-7-18-41(44)42-19-8-14-26-49(42)56(55)57)54-47-24-12-10-22-45(47)53(46-23-11-13-25-48(46)54)36-29-27-35(28-30-36)50-33-37-15-3-4-16-39(37)40-17-5-6-20-43(40)50/h3-34H,1-2H3. The van der Waals surface area contributed by atoms with Crippen molar-refractivity contribution in [2.75, 3.05) is 0 Å². The first-order valence-corrected chi connectivity index (χ1v) is 20.1. The van der Waals surface area contributed by atoms with E-state index in [9.17, 15) is 0 Å². The SMILES string of the molecule is CC1(C)c2ccc(-c3c4ccccc4c(-c4ccc(-c5cc6ccccc6c6ccccc56)cc4)c4ccccc34)cc2-c2c1c1ccccc1c1ccccc21. The van der Waals surface area contributed by atoms with Gasteiger partial charge in [0.05, 0.1) is 0 Å². The van der Waals surface area contributed by atoms with Crippen LogP contribution in [0.25, 0.3) is 109 Å². The van der Waals surface area contributed by atoms with Crippen LogP contribution in [0.3, 0.4) is 0 Å². The third-order valence-corrected chi connectivity index (χ3v) is 13.0. The zero-order valence-electron chi connectivity index (χ0n) is 32.0. The quantitative estimate of drug-likeness (QED) is 0.126. The fourth-order valence-corrected chi connectivity index (χ4v) is 10.5. The Balaban J connectivity index is 1.07. The summed E-state index contributed by atoms with van der Waals surface area (Å²) in [6.45, 7) is 4.82. The Morgan fingerprint density at radius 1 is 0.281 bits per heavy atom. The van der Waals surface area contributed by atoms with Crippen molar-refractivity contribution in [3.8, 4) is 44.5 Å². The Labute approximate surface area is 332 Å². The van der Waals surface area contributed by atoms with Crippen LogP contribution >= 0.6 is 0 Å². The summed E-state index contributed by atoms with van der Waals surface area (Å²) in [4.78, 5) is 0. The van der Waals surface area contributed by atoms with Crippen LogP contribution in [0.4, 0.5) is 0 Å². The fourth-order valence-electron chi connectivity index (χ4n) is 10.5. The van der Waals surface area contributed by atoms with E-state index in [-0.39, 0.29) is 5.41 Å². The molecule has 0 nitrogen and oxygen atoms in total. The molecule has 0 unspecified atom stereocenters. The summed E-state index contributed by atoms with van der Waals surface area (Å²) in [5, 5.41) is 15.6. The maximum absolute atomic E-state index is 2.50. The predicted molar refractivity (Wildman–Crippen MR) is 245 cm³/mol. The van der Waals surface area contributed by atoms with Crippen molar-refractivity contribution in [1.29, 1.82) is 0 Å². The first-order chi connectivity index (χ1) is 28.1. The van der Waals surface area contributed by atoms with Gasteiger partial charge in [0.25, 0.3) is 0 Å². The van der Waals surface area contributed by atoms with Crippen molar-refractivity contribution >= 4 is 64.6 Å². The molecule has 1 aliphatic rings. The van der Waals surface area contributed by atoms with Crippen molar-refractivity contribution in [1.82, 2.24) is 0 Å². The Kier molecular flexibility index (Phi) is 6.78. The van der Waals surface area contributed by atoms with Crippen molar-refractivity contribution in [2.24, 2.45) is 0 Å². The highest BCUT2D eigenvalue weighted by Gasteiger charge is 2.38. The molecule has 0 aliphatic heterocycles. The van der Waals surface area contributed by atoms with Crippen LogP contribution < -0.4 is 0 Å². The van der Waals surface area contributed by atoms with Gasteiger partial charge in [-0.2, -0.15) is 0 Å². The summed E-state index contributed by atoms with van der Waals surface area (Å²) in [5.41, 5.74) is 13.0. The molecule has 0 heterocycles. The normalized spacial score (nSPS) is 13.2. The minimum atomic E-state index is -0.133. The molecule has 11 aromatic carbocycles. The van der Waals surface area contributed by atoms with Gasteiger partial charge >= 0.3 is 0 Å². The molecule has 0 N–H and O–H groups in total. The van der Waals surface area contributed by atoms with Crippen molar-refractivity contribution in [3.05, 3.63) is 205 Å². The lowest BCUT2D eigenvalue weighted by atomic mass is 9.79. The largest absolute Gasteiger partial charge is 0.0616 e. The number of benzene rings is 11. The van der Waals surface area contributed by atoms with Crippen LogP contribution in [-0.2, 0) is 5.41 Å². The Morgan fingerprint density at radius 3 is 1.28 bits per heavy atom. The van der Waals surface area contributed by atoms with Crippen LogP contribution in [0.15, 0.2) is 194 Å². The number of rotatable bonds is 3. The van der Waals surface area contributed by atoms with Crippen LogP contribution in [0, 0.1) is 0 Å². The molecule has 0 spiro atoms. The molecule has 1 aliphatic carbocycles.